The molecule has 0 aliphatic heterocycles. The molecule has 0 fully saturated rings. The molecule has 12 aromatic carbocycles. The molecular weight excluding hydrogens is 937 g/mol. The lowest BCUT2D eigenvalue weighted by atomic mass is 9.99. The third kappa shape index (κ3) is 6.93. The first-order chi connectivity index (χ1) is 38.1. The molecule has 16 rings (SSSR count). The SMILES string of the molecule is c1ccc(-c2nc(-c3ccccc3)nc(-n3c4ccc(-n5c6ccccc6c6cc(-c7ccc8ccccc8c7)ccc65)cc4c4cc(-n5c6ccccc6c6cc(-c7ccc8ccccc8c7)ccc65)ccc43)n2)cc1. The van der Waals surface area contributed by atoms with Gasteiger partial charge in [-0.1, -0.05) is 182 Å². The number of nitrogens with zero attached hydrogens (tertiary/aromatic N) is 6. The zero-order valence-corrected chi connectivity index (χ0v) is 41.6. The Morgan fingerprint density at radius 1 is 0.208 bits per heavy atom. The Hall–Kier alpha value is -10.4. The summed E-state index contributed by atoms with van der Waals surface area (Å²) in [4.78, 5) is 15.7. The Labute approximate surface area is 442 Å². The third-order valence-corrected chi connectivity index (χ3v) is 15.6. The van der Waals surface area contributed by atoms with Crippen LogP contribution < -0.4 is 0 Å². The van der Waals surface area contributed by atoms with Crippen molar-refractivity contribution in [3.63, 3.8) is 0 Å². The second-order valence-electron chi connectivity index (χ2n) is 20.0. The number of fused-ring (bicyclic) bond motifs is 11. The Morgan fingerprint density at radius 2 is 0.558 bits per heavy atom. The van der Waals surface area contributed by atoms with E-state index in [9.17, 15) is 0 Å². The van der Waals surface area contributed by atoms with E-state index in [0.717, 1.165) is 66.4 Å². The summed E-state index contributed by atoms with van der Waals surface area (Å²) in [5, 5.41) is 11.9. The smallest absolute Gasteiger partial charge is 0.238 e. The minimum absolute atomic E-state index is 0.550. The van der Waals surface area contributed by atoms with Crippen molar-refractivity contribution in [2.24, 2.45) is 0 Å². The summed E-state index contributed by atoms with van der Waals surface area (Å²) in [6.45, 7) is 0. The molecule has 0 atom stereocenters. The van der Waals surface area contributed by atoms with Gasteiger partial charge in [0.15, 0.2) is 11.6 Å². The van der Waals surface area contributed by atoms with Crippen molar-refractivity contribution in [1.29, 1.82) is 0 Å². The standard InChI is InChI=1S/C71H44N6/c1-3-17-47(18-4-1)69-72-70(48-19-5-2-6-20-48)74-71(73-69)77-67-37-33-55(75-63-25-13-11-23-57(63)59-41-53(31-35-65(59)75)51-29-27-45-15-7-9-21-49(45)39-51)43-61(67)62-44-56(34-38-68(62)77)76-64-26-14-12-24-58(64)60-42-54(32-36-66(60)76)52-30-28-46-16-8-10-22-50(46)40-52/h1-44H. The van der Waals surface area contributed by atoms with E-state index < -0.39 is 0 Å². The molecule has 0 bridgehead atoms. The molecule has 16 aromatic rings. The molecule has 6 nitrogen and oxygen atoms in total. The topological polar surface area (TPSA) is 53.5 Å². The van der Waals surface area contributed by atoms with Crippen molar-refractivity contribution in [1.82, 2.24) is 28.7 Å². The number of para-hydroxylation sites is 2. The average Bonchev–Trinajstić information content (AvgIpc) is 4.26. The highest BCUT2D eigenvalue weighted by Gasteiger charge is 2.22. The molecule has 0 saturated carbocycles. The maximum absolute atomic E-state index is 5.31. The van der Waals surface area contributed by atoms with Crippen molar-refractivity contribution < 1.29 is 0 Å². The van der Waals surface area contributed by atoms with Gasteiger partial charge in [-0.2, -0.15) is 9.97 Å². The summed E-state index contributed by atoms with van der Waals surface area (Å²) in [6, 6.07) is 96.2. The maximum Gasteiger partial charge on any atom is 0.238 e. The predicted molar refractivity (Wildman–Crippen MR) is 320 cm³/mol. The lowest BCUT2D eigenvalue weighted by molar-refractivity contribution is 0.953. The Balaban J connectivity index is 0.929. The summed E-state index contributed by atoms with van der Waals surface area (Å²) in [5.74, 6) is 1.77. The summed E-state index contributed by atoms with van der Waals surface area (Å²) in [5.41, 5.74) is 15.3. The summed E-state index contributed by atoms with van der Waals surface area (Å²) in [6.07, 6.45) is 0. The van der Waals surface area contributed by atoms with Gasteiger partial charge in [0.05, 0.1) is 33.1 Å². The summed E-state index contributed by atoms with van der Waals surface area (Å²) < 4.78 is 7.07. The van der Waals surface area contributed by atoms with E-state index in [1.165, 1.54) is 65.3 Å². The quantitative estimate of drug-likeness (QED) is 0.160. The molecule has 0 N–H and O–H groups in total. The van der Waals surface area contributed by atoms with Crippen LogP contribution >= 0.6 is 0 Å². The van der Waals surface area contributed by atoms with E-state index in [1.807, 2.05) is 36.4 Å². The van der Waals surface area contributed by atoms with Crippen LogP contribution in [0.15, 0.2) is 267 Å². The summed E-state index contributed by atoms with van der Waals surface area (Å²) in [7, 11) is 0. The molecule has 358 valence electrons. The minimum Gasteiger partial charge on any atom is -0.309 e. The molecule has 0 unspecified atom stereocenters. The number of benzene rings is 12. The van der Waals surface area contributed by atoms with Gasteiger partial charge in [0.1, 0.15) is 0 Å². The summed E-state index contributed by atoms with van der Waals surface area (Å²) >= 11 is 0. The largest absolute Gasteiger partial charge is 0.309 e. The van der Waals surface area contributed by atoms with Crippen molar-refractivity contribution in [2.75, 3.05) is 0 Å². The zero-order valence-electron chi connectivity index (χ0n) is 41.6. The zero-order chi connectivity index (χ0) is 50.6. The van der Waals surface area contributed by atoms with Crippen LogP contribution in [0, 0.1) is 0 Å². The predicted octanol–water partition coefficient (Wildman–Crippen LogP) is 18.1. The number of aromatic nitrogens is 6. The fraction of sp³-hybridized carbons (Fsp3) is 0. The van der Waals surface area contributed by atoms with Gasteiger partial charge >= 0.3 is 0 Å². The van der Waals surface area contributed by atoms with Crippen LogP contribution in [0.2, 0.25) is 0 Å². The molecule has 0 amide bonds. The van der Waals surface area contributed by atoms with Gasteiger partial charge in [-0.15, -0.1) is 0 Å². The van der Waals surface area contributed by atoms with E-state index in [4.69, 9.17) is 15.0 Å². The normalized spacial score (nSPS) is 11.9. The van der Waals surface area contributed by atoms with E-state index in [0.29, 0.717) is 17.6 Å². The molecule has 4 heterocycles. The Kier molecular flexibility index (Phi) is 9.53. The van der Waals surface area contributed by atoms with Gasteiger partial charge in [0, 0.05) is 54.8 Å². The van der Waals surface area contributed by atoms with Gasteiger partial charge in [-0.3, -0.25) is 4.57 Å². The first kappa shape index (κ1) is 43.0. The highest BCUT2D eigenvalue weighted by Crippen LogP contribution is 2.41. The molecule has 4 aromatic heterocycles. The van der Waals surface area contributed by atoms with Crippen LogP contribution in [0.4, 0.5) is 0 Å². The highest BCUT2D eigenvalue weighted by molar-refractivity contribution is 6.15. The van der Waals surface area contributed by atoms with Crippen molar-refractivity contribution in [3.8, 4) is 62.4 Å². The molecule has 0 spiro atoms. The van der Waals surface area contributed by atoms with E-state index in [-0.39, 0.29) is 0 Å². The van der Waals surface area contributed by atoms with Gasteiger partial charge in [-0.05, 0) is 129 Å². The van der Waals surface area contributed by atoms with Gasteiger partial charge < -0.3 is 9.13 Å². The van der Waals surface area contributed by atoms with E-state index in [1.54, 1.807) is 0 Å². The highest BCUT2D eigenvalue weighted by atomic mass is 15.2. The number of rotatable bonds is 7. The lowest BCUT2D eigenvalue weighted by Gasteiger charge is -2.12. The molecule has 6 heteroatoms. The van der Waals surface area contributed by atoms with Crippen LogP contribution in [-0.2, 0) is 0 Å². The van der Waals surface area contributed by atoms with Gasteiger partial charge in [-0.25, -0.2) is 4.98 Å². The van der Waals surface area contributed by atoms with Crippen molar-refractivity contribution >= 4 is 87.0 Å². The molecule has 0 radical (unpaired) electrons. The fourth-order valence-corrected chi connectivity index (χ4v) is 12.0. The fourth-order valence-electron chi connectivity index (χ4n) is 12.0. The van der Waals surface area contributed by atoms with Gasteiger partial charge in [0.2, 0.25) is 5.95 Å². The van der Waals surface area contributed by atoms with Crippen LogP contribution in [0.5, 0.6) is 0 Å². The Bertz CT molecular complexity index is 4730. The molecule has 0 aliphatic carbocycles. The Morgan fingerprint density at radius 3 is 1.04 bits per heavy atom. The first-order valence-electron chi connectivity index (χ1n) is 26.2. The second-order valence-corrected chi connectivity index (χ2v) is 20.0. The second kappa shape index (κ2) is 17.1. The van der Waals surface area contributed by atoms with Gasteiger partial charge in [0.25, 0.3) is 0 Å². The van der Waals surface area contributed by atoms with E-state index >= 15 is 0 Å². The molecule has 0 saturated heterocycles. The monoisotopic (exact) mass is 980 g/mol. The van der Waals surface area contributed by atoms with E-state index in [2.05, 4.69) is 244 Å². The lowest BCUT2D eigenvalue weighted by Crippen LogP contribution is -2.06. The van der Waals surface area contributed by atoms with Crippen LogP contribution in [0.25, 0.3) is 149 Å². The average molecular weight is 981 g/mol. The molecular formula is C71H44N6. The van der Waals surface area contributed by atoms with Crippen LogP contribution in [0.3, 0.4) is 0 Å². The molecule has 77 heavy (non-hydrogen) atoms. The van der Waals surface area contributed by atoms with Crippen LogP contribution in [0.1, 0.15) is 0 Å². The minimum atomic E-state index is 0.550. The van der Waals surface area contributed by atoms with Crippen molar-refractivity contribution in [3.05, 3.63) is 267 Å². The number of hydrogen-bond acceptors (Lipinski definition) is 3. The van der Waals surface area contributed by atoms with Crippen molar-refractivity contribution in [2.45, 2.75) is 0 Å². The first-order valence-corrected chi connectivity index (χ1v) is 26.2. The third-order valence-electron chi connectivity index (χ3n) is 15.6. The maximum atomic E-state index is 5.31. The molecule has 0 aliphatic rings. The number of hydrogen-bond donors (Lipinski definition) is 0. The van der Waals surface area contributed by atoms with Crippen LogP contribution in [-0.4, -0.2) is 28.7 Å².